The molecule has 0 radical (unpaired) electrons. The van der Waals surface area contributed by atoms with Gasteiger partial charge in [0, 0.05) is 13.0 Å². The van der Waals surface area contributed by atoms with Crippen molar-refractivity contribution in [2.45, 2.75) is 295 Å². The van der Waals surface area contributed by atoms with Crippen molar-refractivity contribution < 1.29 is 56.2 Å². The van der Waals surface area contributed by atoms with E-state index in [0.29, 0.717) is 13.0 Å². The summed E-state index contributed by atoms with van der Waals surface area (Å²) in [5.74, 6) is -0.407. The van der Waals surface area contributed by atoms with Gasteiger partial charge in [-0.2, -0.15) is 8.42 Å². The van der Waals surface area contributed by atoms with Crippen LogP contribution in [0.4, 0.5) is 0 Å². The Morgan fingerprint density at radius 1 is 0.543 bits per heavy atom. The minimum Gasteiger partial charge on any atom is -0.457 e. The Kier molecular flexibility index (Phi) is 45.7. The molecular formula is C57H106O12S. The van der Waals surface area contributed by atoms with Crippen molar-refractivity contribution in [1.29, 1.82) is 0 Å². The molecule has 0 aromatic heterocycles. The fourth-order valence-corrected chi connectivity index (χ4v) is 9.43. The Labute approximate surface area is 428 Å². The van der Waals surface area contributed by atoms with Crippen molar-refractivity contribution in [3.8, 4) is 0 Å². The van der Waals surface area contributed by atoms with Crippen LogP contribution in [0, 0.1) is 0 Å². The van der Waals surface area contributed by atoms with Crippen molar-refractivity contribution in [2.24, 2.45) is 0 Å². The number of hydrogen-bond acceptors (Lipinski definition) is 11. The zero-order chi connectivity index (χ0) is 51.0. The molecule has 12 nitrogen and oxygen atoms in total. The zero-order valence-corrected chi connectivity index (χ0v) is 45.4. The topological polar surface area (TPSA) is 178 Å². The van der Waals surface area contributed by atoms with Crippen LogP contribution >= 0.6 is 0 Å². The molecule has 0 saturated carbocycles. The van der Waals surface area contributed by atoms with Gasteiger partial charge >= 0.3 is 16.4 Å². The van der Waals surface area contributed by atoms with Gasteiger partial charge in [0.2, 0.25) is 0 Å². The molecule has 1 heterocycles. The van der Waals surface area contributed by atoms with Gasteiger partial charge in [0.25, 0.3) is 0 Å². The highest BCUT2D eigenvalue weighted by Crippen LogP contribution is 2.26. The number of aliphatic hydroxyl groups is 3. The highest BCUT2D eigenvalue weighted by Gasteiger charge is 2.48. The van der Waals surface area contributed by atoms with E-state index in [0.717, 1.165) is 70.6 Å². The molecule has 1 rings (SSSR count). The molecule has 0 aromatic carbocycles. The van der Waals surface area contributed by atoms with Gasteiger partial charge in [-0.3, -0.25) is 9.35 Å². The number of esters is 1. The summed E-state index contributed by atoms with van der Waals surface area (Å²) in [4.78, 5) is 12.9. The van der Waals surface area contributed by atoms with Crippen LogP contribution in [0.2, 0.25) is 0 Å². The second-order valence-corrected chi connectivity index (χ2v) is 20.9. The molecule has 0 bridgehead atoms. The molecule has 0 aliphatic carbocycles. The van der Waals surface area contributed by atoms with Crippen LogP contribution in [0.15, 0.2) is 36.5 Å². The number of allylic oxidation sites excluding steroid dienone is 6. The van der Waals surface area contributed by atoms with E-state index in [1.54, 1.807) is 0 Å². The molecule has 6 atom stereocenters. The highest BCUT2D eigenvalue weighted by atomic mass is 32.3. The molecule has 4 N–H and O–H groups in total. The van der Waals surface area contributed by atoms with Crippen molar-refractivity contribution in [1.82, 2.24) is 0 Å². The lowest BCUT2D eigenvalue weighted by Crippen LogP contribution is -2.60. The van der Waals surface area contributed by atoms with Gasteiger partial charge < -0.3 is 34.3 Å². The van der Waals surface area contributed by atoms with Gasteiger partial charge in [0.05, 0.1) is 19.8 Å². The lowest BCUT2D eigenvalue weighted by molar-refractivity contribution is -0.301. The van der Waals surface area contributed by atoms with E-state index in [2.05, 4.69) is 54.5 Å². The van der Waals surface area contributed by atoms with Crippen molar-refractivity contribution in [2.75, 3.05) is 26.4 Å². The van der Waals surface area contributed by atoms with E-state index in [1.807, 2.05) is 0 Å². The van der Waals surface area contributed by atoms with Crippen LogP contribution in [0.5, 0.6) is 0 Å². The number of aliphatic hydroxyl groups excluding tert-OH is 3. The van der Waals surface area contributed by atoms with Gasteiger partial charge in [0.15, 0.2) is 6.29 Å². The molecule has 0 aromatic rings. The maximum absolute atomic E-state index is 12.9. The van der Waals surface area contributed by atoms with Crippen molar-refractivity contribution in [3.05, 3.63) is 36.5 Å². The predicted octanol–water partition coefficient (Wildman–Crippen LogP) is 14.1. The minimum absolute atomic E-state index is 0.0339. The monoisotopic (exact) mass is 1010 g/mol. The van der Waals surface area contributed by atoms with Crippen molar-refractivity contribution >= 4 is 16.4 Å². The smallest absolute Gasteiger partial charge is 0.397 e. The van der Waals surface area contributed by atoms with Gasteiger partial charge in [0.1, 0.15) is 30.5 Å². The summed E-state index contributed by atoms with van der Waals surface area (Å²) in [7, 11) is -5.07. The number of carbonyl (C=O) groups is 1. The third-order valence-electron chi connectivity index (χ3n) is 13.3. The van der Waals surface area contributed by atoms with Gasteiger partial charge in [-0.15, -0.1) is 0 Å². The molecule has 1 aliphatic rings. The molecule has 1 fully saturated rings. The molecule has 0 amide bonds. The summed E-state index contributed by atoms with van der Waals surface area (Å²) < 4.78 is 59.4. The third-order valence-corrected chi connectivity index (χ3v) is 13.7. The maximum atomic E-state index is 12.9. The largest absolute Gasteiger partial charge is 0.457 e. The van der Waals surface area contributed by atoms with Crippen LogP contribution in [0.3, 0.4) is 0 Å². The summed E-state index contributed by atoms with van der Waals surface area (Å²) in [5, 5.41) is 30.8. The first-order valence-corrected chi connectivity index (χ1v) is 30.1. The first-order valence-electron chi connectivity index (χ1n) is 28.7. The Morgan fingerprint density at radius 2 is 0.943 bits per heavy atom. The maximum Gasteiger partial charge on any atom is 0.397 e. The average molecular weight is 1020 g/mol. The van der Waals surface area contributed by atoms with E-state index >= 15 is 0 Å². The van der Waals surface area contributed by atoms with E-state index in [4.69, 9.17) is 18.9 Å². The molecule has 6 unspecified atom stereocenters. The summed E-state index contributed by atoms with van der Waals surface area (Å²) in [6, 6.07) is 0. The lowest BCUT2D eigenvalue weighted by Gasteiger charge is -2.41. The number of unbranched alkanes of at least 4 members (excludes halogenated alkanes) is 32. The SMILES string of the molecule is CCCCCCC/C=C\C/C=C\C/C=C\CCCCCCCCC(=O)OC(COCCCCCCCCCCCCCCCCCCCCCCCC)COC1OC(CO)C(O)C(OS(=O)(=O)O)C1O. The number of hydrogen-bond donors (Lipinski definition) is 4. The van der Waals surface area contributed by atoms with E-state index in [1.165, 1.54) is 161 Å². The minimum atomic E-state index is -5.07. The molecular weight excluding hydrogens is 909 g/mol. The summed E-state index contributed by atoms with van der Waals surface area (Å²) in [5.41, 5.74) is 0. The Balaban J connectivity index is 2.31. The fourth-order valence-electron chi connectivity index (χ4n) is 8.92. The second kappa shape index (κ2) is 48.3. The fraction of sp³-hybridized carbons (Fsp3) is 0.877. The van der Waals surface area contributed by atoms with E-state index in [9.17, 15) is 33.1 Å². The van der Waals surface area contributed by atoms with Crippen LogP contribution in [0.25, 0.3) is 0 Å². The summed E-state index contributed by atoms with van der Waals surface area (Å²) in [6.07, 6.45) is 50.4. The lowest BCUT2D eigenvalue weighted by atomic mass is 9.99. The van der Waals surface area contributed by atoms with Crippen molar-refractivity contribution in [3.63, 3.8) is 0 Å². The standard InChI is InChI=1S/C57H106O12S/c1-3-5-7-9-11-13-15-17-19-21-23-25-27-29-31-33-35-37-39-41-43-45-47-65-49-51(50-66-57-55(61)56(69-70(62,63)64)54(60)52(48-58)68-57)67-53(59)46-44-42-40-38-36-34-32-30-28-26-24-22-20-18-16-14-12-10-8-6-4-2/h16,18,22,24,28,30,51-52,54-58,60-61H,3-15,17,19-21,23,25-27,29,31-50H2,1-2H3,(H,62,63,64)/b18-16-,24-22-,30-28-. The van der Waals surface area contributed by atoms with Gasteiger partial charge in [-0.1, -0.05) is 237 Å². The summed E-state index contributed by atoms with van der Waals surface area (Å²) in [6.45, 7) is 4.02. The zero-order valence-electron chi connectivity index (χ0n) is 44.6. The van der Waals surface area contributed by atoms with E-state index < -0.39 is 59.8 Å². The average Bonchev–Trinajstić information content (AvgIpc) is 3.34. The first-order chi connectivity index (χ1) is 34.1. The van der Waals surface area contributed by atoms with Gasteiger partial charge in [-0.05, 0) is 51.4 Å². The van der Waals surface area contributed by atoms with Gasteiger partial charge in [-0.25, -0.2) is 4.18 Å². The summed E-state index contributed by atoms with van der Waals surface area (Å²) >= 11 is 0. The Bertz CT molecular complexity index is 1360. The Morgan fingerprint density at radius 3 is 1.37 bits per heavy atom. The highest BCUT2D eigenvalue weighted by molar-refractivity contribution is 7.80. The van der Waals surface area contributed by atoms with E-state index in [-0.39, 0.29) is 19.6 Å². The quantitative estimate of drug-likeness (QED) is 0.0196. The molecule has 70 heavy (non-hydrogen) atoms. The third kappa shape index (κ3) is 40.8. The number of ether oxygens (including phenoxy) is 4. The van der Waals surface area contributed by atoms with Crippen LogP contribution in [-0.2, 0) is 38.3 Å². The molecule has 412 valence electrons. The Hall–Kier alpha value is -1.68. The number of rotatable bonds is 51. The second-order valence-electron chi connectivity index (χ2n) is 19.9. The first kappa shape index (κ1) is 66.3. The molecule has 1 saturated heterocycles. The normalized spacial score (nSPS) is 19.3. The van der Waals surface area contributed by atoms with Crippen LogP contribution in [0.1, 0.15) is 258 Å². The number of carbonyl (C=O) groups excluding carboxylic acids is 1. The molecule has 13 heteroatoms. The predicted molar refractivity (Wildman–Crippen MR) is 285 cm³/mol. The van der Waals surface area contributed by atoms with Crippen LogP contribution < -0.4 is 0 Å². The molecule has 0 spiro atoms. The molecule has 1 aliphatic heterocycles. The van der Waals surface area contributed by atoms with Crippen LogP contribution in [-0.4, -0.2) is 97.5 Å².